The summed E-state index contributed by atoms with van der Waals surface area (Å²) in [5.41, 5.74) is 2.77. The summed E-state index contributed by atoms with van der Waals surface area (Å²) in [6.07, 6.45) is 8.26. The average molecular weight is 419 g/mol. The smallest absolute Gasteiger partial charge is 0.414 e. The van der Waals surface area contributed by atoms with Gasteiger partial charge in [-0.15, -0.1) is 0 Å². The summed E-state index contributed by atoms with van der Waals surface area (Å²) in [6, 6.07) is 8.97. The van der Waals surface area contributed by atoms with Crippen LogP contribution in [0.2, 0.25) is 0 Å². The topological polar surface area (TPSA) is 98.2 Å². The number of carboxylic acids is 2. The first-order valence-corrected chi connectivity index (χ1v) is 11.0. The van der Waals surface area contributed by atoms with E-state index >= 15 is 0 Å². The number of piperidine rings is 1. The summed E-state index contributed by atoms with van der Waals surface area (Å²) < 4.78 is 0. The van der Waals surface area contributed by atoms with Crippen LogP contribution in [0.3, 0.4) is 0 Å². The summed E-state index contributed by atoms with van der Waals surface area (Å²) in [4.78, 5) is 35.7. The lowest BCUT2D eigenvalue weighted by atomic mass is 9.95. The maximum Gasteiger partial charge on any atom is 0.414 e. The summed E-state index contributed by atoms with van der Waals surface area (Å²) >= 11 is 0. The highest BCUT2D eigenvalue weighted by molar-refractivity contribution is 6.27. The zero-order chi connectivity index (χ0) is 21.9. The molecule has 1 unspecified atom stereocenters. The van der Waals surface area contributed by atoms with Gasteiger partial charge in [0.25, 0.3) is 0 Å². The number of carboxylic acid groups (broad SMARTS) is 2. The van der Waals surface area contributed by atoms with Crippen molar-refractivity contribution in [2.75, 3.05) is 26.2 Å². The lowest BCUT2D eigenvalue weighted by molar-refractivity contribution is -0.159. The third-order valence-electron chi connectivity index (χ3n) is 5.79. The second-order valence-corrected chi connectivity index (χ2v) is 8.09. The first kappa shape index (κ1) is 23.9. The molecule has 2 aliphatic heterocycles. The predicted octanol–water partition coefficient (Wildman–Crippen LogP) is 3.02. The fraction of sp³-hybridized carbons (Fsp3) is 0.609. The Bertz CT molecular complexity index is 684. The molecule has 7 nitrogen and oxygen atoms in total. The SMILES string of the molecule is CCc1ccc(CN2CCCC(C(=O)N3CCCCCC3)C2)cc1.O=C(O)C(=O)O. The van der Waals surface area contributed by atoms with Gasteiger partial charge in [-0.2, -0.15) is 0 Å². The van der Waals surface area contributed by atoms with Gasteiger partial charge < -0.3 is 15.1 Å². The summed E-state index contributed by atoms with van der Waals surface area (Å²) in [7, 11) is 0. The Morgan fingerprint density at radius 1 is 0.867 bits per heavy atom. The van der Waals surface area contributed by atoms with Crippen molar-refractivity contribution in [1.82, 2.24) is 9.80 Å². The largest absolute Gasteiger partial charge is 0.473 e. The fourth-order valence-electron chi connectivity index (χ4n) is 4.09. The normalized spacial score (nSPS) is 19.9. The Balaban J connectivity index is 0.000000469. The number of nitrogens with zero attached hydrogens (tertiary/aromatic N) is 2. The zero-order valence-electron chi connectivity index (χ0n) is 17.9. The molecule has 0 saturated carbocycles. The maximum absolute atomic E-state index is 12.9. The second kappa shape index (κ2) is 12.3. The first-order valence-electron chi connectivity index (χ1n) is 11.0. The molecule has 0 radical (unpaired) electrons. The molecule has 0 aliphatic carbocycles. The molecule has 1 atom stereocenters. The Morgan fingerprint density at radius 2 is 1.43 bits per heavy atom. The summed E-state index contributed by atoms with van der Waals surface area (Å²) in [5, 5.41) is 14.8. The molecule has 1 aromatic rings. The van der Waals surface area contributed by atoms with Crippen molar-refractivity contribution in [3.63, 3.8) is 0 Å². The molecule has 0 spiro atoms. The molecular weight excluding hydrogens is 384 g/mol. The van der Waals surface area contributed by atoms with Crippen LogP contribution in [-0.2, 0) is 27.3 Å². The van der Waals surface area contributed by atoms with Crippen LogP contribution in [-0.4, -0.2) is 64.0 Å². The van der Waals surface area contributed by atoms with E-state index in [1.165, 1.54) is 36.8 Å². The molecule has 30 heavy (non-hydrogen) atoms. The van der Waals surface area contributed by atoms with E-state index in [1.807, 2.05) is 0 Å². The van der Waals surface area contributed by atoms with Gasteiger partial charge in [-0.05, 0) is 49.8 Å². The maximum atomic E-state index is 12.9. The highest BCUT2D eigenvalue weighted by Crippen LogP contribution is 2.22. The Kier molecular flexibility index (Phi) is 9.80. The van der Waals surface area contributed by atoms with Crippen molar-refractivity contribution >= 4 is 17.8 Å². The van der Waals surface area contributed by atoms with Crippen LogP contribution in [0.5, 0.6) is 0 Å². The number of amides is 1. The lowest BCUT2D eigenvalue weighted by Gasteiger charge is -2.34. The Hall–Kier alpha value is -2.41. The van der Waals surface area contributed by atoms with Crippen molar-refractivity contribution in [1.29, 1.82) is 0 Å². The third-order valence-corrected chi connectivity index (χ3v) is 5.79. The number of aryl methyl sites for hydroxylation is 1. The van der Waals surface area contributed by atoms with E-state index in [-0.39, 0.29) is 5.92 Å². The molecule has 0 aromatic heterocycles. The Labute approximate surface area is 178 Å². The number of aliphatic carboxylic acids is 2. The van der Waals surface area contributed by atoms with Gasteiger partial charge in [-0.3, -0.25) is 9.69 Å². The highest BCUT2D eigenvalue weighted by Gasteiger charge is 2.29. The number of carbonyl (C=O) groups is 3. The van der Waals surface area contributed by atoms with Crippen LogP contribution in [0.15, 0.2) is 24.3 Å². The third kappa shape index (κ3) is 7.78. The van der Waals surface area contributed by atoms with E-state index in [4.69, 9.17) is 19.8 Å². The van der Waals surface area contributed by atoms with E-state index in [0.29, 0.717) is 5.91 Å². The van der Waals surface area contributed by atoms with Crippen LogP contribution < -0.4 is 0 Å². The minimum absolute atomic E-state index is 0.215. The van der Waals surface area contributed by atoms with Crippen molar-refractivity contribution in [3.05, 3.63) is 35.4 Å². The first-order chi connectivity index (χ1) is 14.4. The molecule has 2 N–H and O–H groups in total. The number of likely N-dealkylation sites (tertiary alicyclic amines) is 2. The van der Waals surface area contributed by atoms with Crippen molar-refractivity contribution in [3.8, 4) is 0 Å². The van der Waals surface area contributed by atoms with Gasteiger partial charge in [-0.25, -0.2) is 9.59 Å². The number of carbonyl (C=O) groups excluding carboxylic acids is 1. The molecule has 2 fully saturated rings. The van der Waals surface area contributed by atoms with Crippen LogP contribution in [0.4, 0.5) is 0 Å². The monoisotopic (exact) mass is 418 g/mol. The van der Waals surface area contributed by atoms with Gasteiger partial charge in [0.15, 0.2) is 0 Å². The van der Waals surface area contributed by atoms with Gasteiger partial charge >= 0.3 is 11.9 Å². The van der Waals surface area contributed by atoms with Gasteiger partial charge in [-0.1, -0.05) is 44.0 Å². The van der Waals surface area contributed by atoms with Crippen molar-refractivity contribution < 1.29 is 24.6 Å². The number of hydrogen-bond acceptors (Lipinski definition) is 4. The van der Waals surface area contributed by atoms with Crippen LogP contribution in [0, 0.1) is 5.92 Å². The molecule has 0 bridgehead atoms. The molecule has 2 heterocycles. The average Bonchev–Trinajstić information content (AvgIpc) is 3.04. The van der Waals surface area contributed by atoms with E-state index < -0.39 is 11.9 Å². The van der Waals surface area contributed by atoms with Gasteiger partial charge in [0.1, 0.15) is 0 Å². The van der Waals surface area contributed by atoms with Crippen LogP contribution in [0.1, 0.15) is 56.6 Å². The lowest BCUT2D eigenvalue weighted by Crippen LogP contribution is -2.44. The van der Waals surface area contributed by atoms with Crippen LogP contribution >= 0.6 is 0 Å². The van der Waals surface area contributed by atoms with E-state index in [1.54, 1.807) is 0 Å². The van der Waals surface area contributed by atoms with Crippen LogP contribution in [0.25, 0.3) is 0 Å². The molecule has 2 saturated heterocycles. The number of rotatable bonds is 4. The van der Waals surface area contributed by atoms with Gasteiger partial charge in [0.05, 0.1) is 5.92 Å². The van der Waals surface area contributed by atoms with E-state index in [2.05, 4.69) is 41.0 Å². The number of hydrogen-bond donors (Lipinski definition) is 2. The fourth-order valence-corrected chi connectivity index (χ4v) is 4.09. The molecule has 1 aromatic carbocycles. The highest BCUT2D eigenvalue weighted by atomic mass is 16.4. The molecular formula is C23H34N2O5. The van der Waals surface area contributed by atoms with Gasteiger partial charge in [0.2, 0.25) is 5.91 Å². The standard InChI is InChI=1S/C21H32N2O.C2H2O4/c1-2-18-9-11-19(12-10-18)16-22-13-7-8-20(17-22)21(24)23-14-5-3-4-6-15-23;3-1(4)2(5)6/h9-12,20H,2-8,13-17H2,1H3;(H,3,4)(H,5,6). The molecule has 7 heteroatoms. The van der Waals surface area contributed by atoms with E-state index in [0.717, 1.165) is 52.0 Å². The summed E-state index contributed by atoms with van der Waals surface area (Å²) in [6.45, 7) is 7.19. The molecule has 2 aliphatic rings. The van der Waals surface area contributed by atoms with Crippen molar-refractivity contribution in [2.24, 2.45) is 5.92 Å². The minimum Gasteiger partial charge on any atom is -0.473 e. The molecule has 1 amide bonds. The zero-order valence-corrected chi connectivity index (χ0v) is 17.9. The minimum atomic E-state index is -1.82. The summed E-state index contributed by atoms with van der Waals surface area (Å²) in [5.74, 6) is -3.01. The predicted molar refractivity (Wildman–Crippen MR) is 114 cm³/mol. The van der Waals surface area contributed by atoms with Crippen molar-refractivity contribution in [2.45, 2.75) is 58.4 Å². The Morgan fingerprint density at radius 3 is 1.97 bits per heavy atom. The van der Waals surface area contributed by atoms with Gasteiger partial charge in [0, 0.05) is 26.2 Å². The van der Waals surface area contributed by atoms with E-state index in [9.17, 15) is 4.79 Å². The molecule has 3 rings (SSSR count). The molecule has 166 valence electrons. The number of benzene rings is 1. The quantitative estimate of drug-likeness (QED) is 0.730. The second-order valence-electron chi connectivity index (χ2n) is 8.09.